The number of piperidine rings is 1. The average Bonchev–Trinajstić information content (AvgIpc) is 2.75. The first-order chi connectivity index (χ1) is 14.1. The summed E-state index contributed by atoms with van der Waals surface area (Å²) in [6, 6.07) is 14.6. The molecule has 0 radical (unpaired) electrons. The second-order valence-corrected chi connectivity index (χ2v) is 7.43. The summed E-state index contributed by atoms with van der Waals surface area (Å²) in [7, 11) is 1.67. The average molecular weight is 415 g/mol. The molecule has 3 rings (SSSR count). The Morgan fingerprint density at radius 1 is 1.14 bits per heavy atom. The molecule has 154 valence electrons. The fourth-order valence-electron chi connectivity index (χ4n) is 3.55. The van der Waals surface area contributed by atoms with Crippen molar-refractivity contribution in [1.82, 2.24) is 10.2 Å². The molecule has 1 atom stereocenters. The molecule has 0 aliphatic carbocycles. The van der Waals surface area contributed by atoms with Gasteiger partial charge in [0.05, 0.1) is 18.1 Å². The SMILES string of the molecule is COc1ccc([C@@H](CNC(=S)Nc2ccc([N+](=O)[O-])cc2)N2CCCCC2)cc1. The number of likely N-dealkylation sites (tertiary alicyclic amines) is 1. The van der Waals surface area contributed by atoms with Crippen LogP contribution >= 0.6 is 12.2 Å². The molecule has 1 aliphatic rings. The molecule has 2 aromatic carbocycles. The van der Waals surface area contributed by atoms with E-state index in [4.69, 9.17) is 17.0 Å². The Morgan fingerprint density at radius 2 is 1.79 bits per heavy atom. The number of nitrogens with zero attached hydrogens (tertiary/aromatic N) is 2. The lowest BCUT2D eigenvalue weighted by molar-refractivity contribution is -0.384. The molecule has 1 saturated heterocycles. The van der Waals surface area contributed by atoms with Gasteiger partial charge in [0.2, 0.25) is 0 Å². The fraction of sp³-hybridized carbons (Fsp3) is 0.381. The second-order valence-electron chi connectivity index (χ2n) is 7.02. The molecule has 0 spiro atoms. The number of anilines is 1. The summed E-state index contributed by atoms with van der Waals surface area (Å²) in [5, 5.41) is 17.7. The Kier molecular flexibility index (Phi) is 7.37. The Balaban J connectivity index is 1.63. The zero-order chi connectivity index (χ0) is 20.6. The van der Waals surface area contributed by atoms with Gasteiger partial charge in [-0.05, 0) is 68.0 Å². The molecular weight excluding hydrogens is 388 g/mol. The van der Waals surface area contributed by atoms with Crippen molar-refractivity contribution in [1.29, 1.82) is 0 Å². The van der Waals surface area contributed by atoms with Crippen molar-refractivity contribution >= 4 is 28.7 Å². The van der Waals surface area contributed by atoms with Crippen molar-refractivity contribution in [2.45, 2.75) is 25.3 Å². The minimum atomic E-state index is -0.418. The molecule has 1 aliphatic heterocycles. The van der Waals surface area contributed by atoms with Crippen LogP contribution in [0.5, 0.6) is 5.75 Å². The molecule has 2 aromatic rings. The zero-order valence-corrected chi connectivity index (χ0v) is 17.3. The maximum absolute atomic E-state index is 10.8. The summed E-state index contributed by atoms with van der Waals surface area (Å²) in [6.07, 6.45) is 3.69. The van der Waals surface area contributed by atoms with Crippen LogP contribution in [0.3, 0.4) is 0 Å². The van der Waals surface area contributed by atoms with Gasteiger partial charge in [0.15, 0.2) is 5.11 Å². The van der Waals surface area contributed by atoms with Gasteiger partial charge in [-0.1, -0.05) is 18.6 Å². The summed E-state index contributed by atoms with van der Waals surface area (Å²) in [5.41, 5.74) is 1.99. The van der Waals surface area contributed by atoms with Crippen molar-refractivity contribution in [2.75, 3.05) is 32.1 Å². The number of methoxy groups -OCH3 is 1. The summed E-state index contributed by atoms with van der Waals surface area (Å²) in [5.74, 6) is 0.842. The van der Waals surface area contributed by atoms with Crippen LogP contribution in [0.2, 0.25) is 0 Å². The number of nitro groups is 1. The van der Waals surface area contributed by atoms with E-state index in [0.717, 1.165) is 18.8 Å². The van der Waals surface area contributed by atoms with E-state index in [1.165, 1.54) is 37.0 Å². The molecule has 1 fully saturated rings. The Hall–Kier alpha value is -2.71. The molecular formula is C21H26N4O3S. The number of benzene rings is 2. The van der Waals surface area contributed by atoms with E-state index in [1.54, 1.807) is 19.2 Å². The van der Waals surface area contributed by atoms with E-state index < -0.39 is 4.92 Å². The van der Waals surface area contributed by atoms with Crippen molar-refractivity contribution in [2.24, 2.45) is 0 Å². The second kappa shape index (κ2) is 10.2. The van der Waals surface area contributed by atoms with E-state index in [2.05, 4.69) is 27.7 Å². The van der Waals surface area contributed by atoms with E-state index >= 15 is 0 Å². The summed E-state index contributed by atoms with van der Waals surface area (Å²) in [6.45, 7) is 2.81. The van der Waals surface area contributed by atoms with Gasteiger partial charge in [0.25, 0.3) is 5.69 Å². The minimum Gasteiger partial charge on any atom is -0.497 e. The van der Waals surface area contributed by atoms with E-state index in [0.29, 0.717) is 17.3 Å². The topological polar surface area (TPSA) is 79.7 Å². The van der Waals surface area contributed by atoms with Gasteiger partial charge in [-0.3, -0.25) is 15.0 Å². The molecule has 8 heteroatoms. The van der Waals surface area contributed by atoms with Crippen LogP contribution in [0.15, 0.2) is 48.5 Å². The van der Waals surface area contributed by atoms with Crippen LogP contribution in [0, 0.1) is 10.1 Å². The van der Waals surface area contributed by atoms with E-state index in [1.807, 2.05) is 12.1 Å². The predicted molar refractivity (Wildman–Crippen MR) is 118 cm³/mol. The highest BCUT2D eigenvalue weighted by atomic mass is 32.1. The zero-order valence-electron chi connectivity index (χ0n) is 16.5. The maximum atomic E-state index is 10.8. The Labute approximate surface area is 176 Å². The van der Waals surface area contributed by atoms with Crippen LogP contribution in [0.25, 0.3) is 0 Å². The van der Waals surface area contributed by atoms with Crippen LogP contribution in [0.1, 0.15) is 30.9 Å². The van der Waals surface area contributed by atoms with Gasteiger partial charge in [0.1, 0.15) is 5.75 Å². The lowest BCUT2D eigenvalue weighted by atomic mass is 10.0. The molecule has 0 bridgehead atoms. The number of nitro benzene ring substituents is 1. The first-order valence-electron chi connectivity index (χ1n) is 9.74. The van der Waals surface area contributed by atoms with Gasteiger partial charge < -0.3 is 15.4 Å². The normalized spacial score (nSPS) is 15.3. The number of nitrogens with one attached hydrogen (secondary N) is 2. The Bertz CT molecular complexity index is 821. The van der Waals surface area contributed by atoms with E-state index in [9.17, 15) is 10.1 Å². The molecule has 7 nitrogen and oxygen atoms in total. The number of rotatable bonds is 7. The maximum Gasteiger partial charge on any atom is 0.269 e. The van der Waals surface area contributed by atoms with Crippen LogP contribution in [-0.4, -0.2) is 41.7 Å². The lowest BCUT2D eigenvalue weighted by Crippen LogP contribution is -2.41. The number of hydrogen-bond donors (Lipinski definition) is 2. The largest absolute Gasteiger partial charge is 0.497 e. The third kappa shape index (κ3) is 5.88. The van der Waals surface area contributed by atoms with Gasteiger partial charge in [-0.15, -0.1) is 0 Å². The summed E-state index contributed by atoms with van der Waals surface area (Å²) in [4.78, 5) is 12.8. The van der Waals surface area contributed by atoms with Crippen molar-refractivity contribution < 1.29 is 9.66 Å². The highest BCUT2D eigenvalue weighted by molar-refractivity contribution is 7.80. The minimum absolute atomic E-state index is 0.0547. The molecule has 2 N–H and O–H groups in total. The van der Waals surface area contributed by atoms with E-state index in [-0.39, 0.29) is 11.7 Å². The monoisotopic (exact) mass is 414 g/mol. The van der Waals surface area contributed by atoms with Crippen molar-refractivity contribution in [3.8, 4) is 5.75 Å². The smallest absolute Gasteiger partial charge is 0.269 e. The lowest BCUT2D eigenvalue weighted by Gasteiger charge is -2.35. The number of ether oxygens (including phenoxy) is 1. The molecule has 1 heterocycles. The molecule has 0 unspecified atom stereocenters. The standard InChI is InChI=1S/C21H26N4O3S/c1-28-19-11-5-16(6-12-19)20(24-13-3-2-4-14-24)15-22-21(29)23-17-7-9-18(10-8-17)25(26)27/h5-12,20H,2-4,13-15H2,1H3,(H2,22,23,29)/t20-/m1/s1. The molecule has 0 saturated carbocycles. The molecule has 0 aromatic heterocycles. The first kappa shape index (κ1) is 21.0. The van der Waals surface area contributed by atoms with Gasteiger partial charge in [-0.2, -0.15) is 0 Å². The third-order valence-electron chi connectivity index (χ3n) is 5.12. The van der Waals surface area contributed by atoms with Crippen LogP contribution in [0.4, 0.5) is 11.4 Å². The Morgan fingerprint density at radius 3 is 2.38 bits per heavy atom. The van der Waals surface area contributed by atoms with Crippen LogP contribution < -0.4 is 15.4 Å². The van der Waals surface area contributed by atoms with Gasteiger partial charge in [0, 0.05) is 24.4 Å². The molecule has 0 amide bonds. The highest BCUT2D eigenvalue weighted by Crippen LogP contribution is 2.26. The quantitative estimate of drug-likeness (QED) is 0.401. The first-order valence-corrected chi connectivity index (χ1v) is 10.1. The van der Waals surface area contributed by atoms with Crippen molar-refractivity contribution in [3.05, 3.63) is 64.2 Å². The fourth-order valence-corrected chi connectivity index (χ4v) is 3.75. The van der Waals surface area contributed by atoms with Gasteiger partial charge in [-0.25, -0.2) is 0 Å². The van der Waals surface area contributed by atoms with Gasteiger partial charge >= 0.3 is 0 Å². The number of non-ortho nitro benzene ring substituents is 1. The predicted octanol–water partition coefficient (Wildman–Crippen LogP) is 4.12. The molecule has 29 heavy (non-hydrogen) atoms. The number of thiocarbonyl (C=S) groups is 1. The summed E-state index contributed by atoms with van der Waals surface area (Å²) < 4.78 is 5.28. The van der Waals surface area contributed by atoms with Crippen molar-refractivity contribution in [3.63, 3.8) is 0 Å². The summed E-state index contributed by atoms with van der Waals surface area (Å²) >= 11 is 5.44. The highest BCUT2D eigenvalue weighted by Gasteiger charge is 2.22. The number of hydrogen-bond acceptors (Lipinski definition) is 5. The third-order valence-corrected chi connectivity index (χ3v) is 5.37. The van der Waals surface area contributed by atoms with Crippen LogP contribution in [-0.2, 0) is 0 Å².